The number of nitrogens with one attached hydrogen (secondary N) is 1. The smallest absolute Gasteiger partial charge is 0.263 e. The number of anilines is 1. The zero-order chi connectivity index (χ0) is 20.4. The van der Waals surface area contributed by atoms with Crippen LogP contribution in [0.1, 0.15) is 34.6 Å². The number of carbonyl (C=O) groups excluding carboxylic acids is 2. The van der Waals surface area contributed by atoms with Crippen LogP contribution in [0.2, 0.25) is 0 Å². The third-order valence-electron chi connectivity index (χ3n) is 4.43. The van der Waals surface area contributed by atoms with Crippen molar-refractivity contribution in [3.8, 4) is 0 Å². The summed E-state index contributed by atoms with van der Waals surface area (Å²) < 4.78 is 1.62. The maximum atomic E-state index is 12.9. The van der Waals surface area contributed by atoms with Gasteiger partial charge in [0.25, 0.3) is 5.56 Å². The highest BCUT2D eigenvalue weighted by Gasteiger charge is 2.17. The lowest BCUT2D eigenvalue weighted by molar-refractivity contribution is -0.114. The van der Waals surface area contributed by atoms with Gasteiger partial charge in [0.2, 0.25) is 5.91 Å². The van der Waals surface area contributed by atoms with Crippen LogP contribution in [0.15, 0.2) is 34.2 Å². The number of fused-ring (bicyclic) bond motifs is 1. The van der Waals surface area contributed by atoms with Gasteiger partial charge in [0, 0.05) is 29.6 Å². The minimum Gasteiger partial charge on any atom is -0.326 e. The first-order chi connectivity index (χ1) is 13.3. The van der Waals surface area contributed by atoms with E-state index in [0.29, 0.717) is 28.3 Å². The molecule has 0 saturated heterocycles. The predicted molar refractivity (Wildman–Crippen MR) is 115 cm³/mol. The minimum atomic E-state index is -0.160. The fourth-order valence-corrected chi connectivity index (χ4v) is 4.88. The van der Waals surface area contributed by atoms with E-state index in [1.165, 1.54) is 30.0 Å². The fourth-order valence-electron chi connectivity index (χ4n) is 2.85. The second-order valence-electron chi connectivity index (χ2n) is 6.38. The highest BCUT2D eigenvalue weighted by atomic mass is 32.2. The molecule has 0 aliphatic carbocycles. The van der Waals surface area contributed by atoms with Crippen molar-refractivity contribution >= 4 is 50.7 Å². The van der Waals surface area contributed by atoms with Crippen LogP contribution in [0.5, 0.6) is 0 Å². The molecule has 28 heavy (non-hydrogen) atoms. The zero-order valence-corrected chi connectivity index (χ0v) is 17.8. The number of rotatable bonds is 6. The van der Waals surface area contributed by atoms with Crippen LogP contribution in [0.3, 0.4) is 0 Å². The number of aromatic nitrogens is 2. The Hall–Kier alpha value is -2.45. The third-order valence-corrected chi connectivity index (χ3v) is 6.51. The molecule has 146 valence electrons. The van der Waals surface area contributed by atoms with Crippen LogP contribution in [0, 0.1) is 13.8 Å². The molecule has 3 aromatic rings. The average molecular weight is 416 g/mol. The first-order valence-corrected chi connectivity index (χ1v) is 10.7. The lowest BCUT2D eigenvalue weighted by Gasteiger charge is -2.10. The van der Waals surface area contributed by atoms with Crippen LogP contribution in [0.4, 0.5) is 5.69 Å². The van der Waals surface area contributed by atoms with Gasteiger partial charge in [-0.05, 0) is 50.6 Å². The second-order valence-corrected chi connectivity index (χ2v) is 8.52. The number of ketones is 1. The number of hydrogen-bond donors (Lipinski definition) is 1. The van der Waals surface area contributed by atoms with Gasteiger partial charge in [-0.3, -0.25) is 19.0 Å². The molecule has 0 saturated carbocycles. The lowest BCUT2D eigenvalue weighted by atomic mass is 10.1. The lowest BCUT2D eigenvalue weighted by Crippen LogP contribution is -2.22. The van der Waals surface area contributed by atoms with E-state index in [9.17, 15) is 14.4 Å². The average Bonchev–Trinajstić information content (AvgIpc) is 2.94. The fraction of sp³-hybridized carbons (Fsp3) is 0.300. The summed E-state index contributed by atoms with van der Waals surface area (Å²) >= 11 is 2.78. The van der Waals surface area contributed by atoms with Crippen molar-refractivity contribution in [2.24, 2.45) is 0 Å². The van der Waals surface area contributed by atoms with E-state index >= 15 is 0 Å². The monoisotopic (exact) mass is 415 g/mol. The third kappa shape index (κ3) is 4.02. The summed E-state index contributed by atoms with van der Waals surface area (Å²) in [4.78, 5) is 42.9. The Kier molecular flexibility index (Phi) is 6.00. The first-order valence-electron chi connectivity index (χ1n) is 8.86. The standard InChI is InChI=1S/C20H21N3O3S2/c1-5-23-19(26)17-11(2)12(3)28-18(17)22-20(23)27-10-16(25)14-6-8-15(9-7-14)21-13(4)24/h6-9H,5,10H2,1-4H3,(H,21,24). The first kappa shape index (κ1) is 20.3. The summed E-state index contributed by atoms with van der Waals surface area (Å²) in [5, 5.41) is 3.91. The van der Waals surface area contributed by atoms with Crippen molar-refractivity contribution in [3.63, 3.8) is 0 Å². The number of benzene rings is 1. The predicted octanol–water partition coefficient (Wildman–Crippen LogP) is 4.03. The molecule has 1 amide bonds. The Morgan fingerprint density at radius 1 is 1.21 bits per heavy atom. The number of thioether (sulfide) groups is 1. The molecule has 0 spiro atoms. The van der Waals surface area contributed by atoms with Gasteiger partial charge in [-0.15, -0.1) is 11.3 Å². The van der Waals surface area contributed by atoms with Gasteiger partial charge in [0.05, 0.1) is 11.1 Å². The summed E-state index contributed by atoms with van der Waals surface area (Å²) in [5.74, 6) is -0.0385. The van der Waals surface area contributed by atoms with Gasteiger partial charge in [-0.1, -0.05) is 11.8 Å². The molecule has 6 nitrogen and oxygen atoms in total. The molecular formula is C20H21N3O3S2. The van der Waals surface area contributed by atoms with E-state index in [0.717, 1.165) is 15.3 Å². The van der Waals surface area contributed by atoms with Crippen LogP contribution < -0.4 is 10.9 Å². The maximum Gasteiger partial charge on any atom is 0.263 e. The van der Waals surface area contributed by atoms with Crippen molar-refractivity contribution in [1.29, 1.82) is 0 Å². The minimum absolute atomic E-state index is 0.0519. The van der Waals surface area contributed by atoms with Crippen molar-refractivity contribution in [2.45, 2.75) is 39.4 Å². The molecule has 0 aliphatic rings. The van der Waals surface area contributed by atoms with Crippen molar-refractivity contribution < 1.29 is 9.59 Å². The quantitative estimate of drug-likeness (QED) is 0.373. The Balaban J connectivity index is 1.82. The zero-order valence-electron chi connectivity index (χ0n) is 16.2. The van der Waals surface area contributed by atoms with Gasteiger partial charge in [0.15, 0.2) is 10.9 Å². The normalized spacial score (nSPS) is 11.0. The molecule has 2 aromatic heterocycles. The number of aryl methyl sites for hydroxylation is 2. The molecule has 0 aliphatic heterocycles. The van der Waals surface area contributed by atoms with E-state index in [1.807, 2.05) is 20.8 Å². The van der Waals surface area contributed by atoms with Crippen molar-refractivity contribution in [1.82, 2.24) is 9.55 Å². The molecule has 2 heterocycles. The molecular weight excluding hydrogens is 394 g/mol. The van der Waals surface area contributed by atoms with Gasteiger partial charge in [-0.2, -0.15) is 0 Å². The molecule has 1 aromatic carbocycles. The molecule has 0 atom stereocenters. The van der Waals surface area contributed by atoms with Crippen LogP contribution >= 0.6 is 23.1 Å². The molecule has 8 heteroatoms. The second kappa shape index (κ2) is 8.28. The summed E-state index contributed by atoms with van der Waals surface area (Å²) in [7, 11) is 0. The summed E-state index contributed by atoms with van der Waals surface area (Å²) in [6.45, 7) is 7.76. The largest absolute Gasteiger partial charge is 0.326 e. The van der Waals surface area contributed by atoms with Crippen molar-refractivity contribution in [2.75, 3.05) is 11.1 Å². The van der Waals surface area contributed by atoms with Crippen LogP contribution in [0.25, 0.3) is 10.2 Å². The Bertz CT molecular complexity index is 1110. The highest BCUT2D eigenvalue weighted by molar-refractivity contribution is 7.99. The number of hydrogen-bond acceptors (Lipinski definition) is 6. The number of amides is 1. The van der Waals surface area contributed by atoms with Crippen LogP contribution in [-0.4, -0.2) is 27.0 Å². The number of nitrogens with zero attached hydrogens (tertiary/aromatic N) is 2. The van der Waals surface area contributed by atoms with Gasteiger partial charge < -0.3 is 5.32 Å². The van der Waals surface area contributed by atoms with Crippen LogP contribution in [-0.2, 0) is 11.3 Å². The Morgan fingerprint density at radius 3 is 2.50 bits per heavy atom. The number of carbonyl (C=O) groups is 2. The topological polar surface area (TPSA) is 81.1 Å². The Morgan fingerprint density at radius 2 is 1.89 bits per heavy atom. The van der Waals surface area contributed by atoms with Gasteiger partial charge in [-0.25, -0.2) is 4.98 Å². The highest BCUT2D eigenvalue weighted by Crippen LogP contribution is 2.28. The summed E-state index contributed by atoms with van der Waals surface area (Å²) in [6.07, 6.45) is 0. The molecule has 0 unspecified atom stereocenters. The van der Waals surface area contributed by atoms with E-state index in [1.54, 1.807) is 28.8 Å². The van der Waals surface area contributed by atoms with E-state index in [-0.39, 0.29) is 23.0 Å². The summed E-state index contributed by atoms with van der Waals surface area (Å²) in [6, 6.07) is 6.76. The van der Waals surface area contributed by atoms with Crippen molar-refractivity contribution in [3.05, 3.63) is 50.6 Å². The molecule has 0 fully saturated rings. The van der Waals surface area contributed by atoms with E-state index in [4.69, 9.17) is 0 Å². The maximum absolute atomic E-state index is 12.9. The molecule has 3 rings (SSSR count). The van der Waals surface area contributed by atoms with E-state index < -0.39 is 0 Å². The van der Waals surface area contributed by atoms with Gasteiger partial charge in [0.1, 0.15) is 4.83 Å². The SMILES string of the molecule is CCn1c(SCC(=O)c2ccc(NC(C)=O)cc2)nc2sc(C)c(C)c2c1=O. The molecule has 0 bridgehead atoms. The van der Waals surface area contributed by atoms with E-state index in [2.05, 4.69) is 10.3 Å². The van der Waals surface area contributed by atoms with Gasteiger partial charge >= 0.3 is 0 Å². The summed E-state index contributed by atoms with van der Waals surface area (Å²) in [5.41, 5.74) is 2.12. The Labute approximate surface area is 171 Å². The molecule has 1 N–H and O–H groups in total. The number of Topliss-reactive ketones (excluding diaryl/α,β-unsaturated/α-hetero) is 1. The number of thiophene rings is 1. The molecule has 0 radical (unpaired) electrons.